The number of benzene rings is 1. The van der Waals surface area contributed by atoms with E-state index in [2.05, 4.69) is 24.1 Å². The molecule has 3 nitrogen and oxygen atoms in total. The van der Waals surface area contributed by atoms with Crippen LogP contribution in [0.5, 0.6) is 0 Å². The van der Waals surface area contributed by atoms with Gasteiger partial charge in [-0.3, -0.25) is 9.69 Å². The predicted octanol–water partition coefficient (Wildman–Crippen LogP) is 3.48. The number of hydrogen-bond acceptors (Lipinski definition) is 2. The third-order valence-electron chi connectivity index (χ3n) is 4.84. The van der Waals surface area contributed by atoms with Crippen molar-refractivity contribution in [3.63, 3.8) is 0 Å². The topological polar surface area (TPSA) is 32.3 Å². The van der Waals surface area contributed by atoms with Gasteiger partial charge in [0.15, 0.2) is 0 Å². The fourth-order valence-corrected chi connectivity index (χ4v) is 3.37. The number of carbonyl (C=O) groups excluding carboxylic acids is 1. The van der Waals surface area contributed by atoms with Gasteiger partial charge >= 0.3 is 0 Å². The molecule has 0 spiro atoms. The van der Waals surface area contributed by atoms with Gasteiger partial charge in [-0.1, -0.05) is 26.0 Å². The number of halogens is 1. The Labute approximate surface area is 139 Å². The fraction of sp³-hybridized carbons (Fsp3) is 0.632. The Morgan fingerprint density at radius 1 is 1.43 bits per heavy atom. The largest absolute Gasteiger partial charge is 0.355 e. The van der Waals surface area contributed by atoms with E-state index in [1.165, 1.54) is 12.5 Å². The van der Waals surface area contributed by atoms with Crippen LogP contribution in [0.2, 0.25) is 0 Å². The summed E-state index contributed by atoms with van der Waals surface area (Å²) in [6.45, 7) is 10.0. The van der Waals surface area contributed by atoms with Crippen molar-refractivity contribution in [2.75, 3.05) is 13.1 Å². The maximum Gasteiger partial charge on any atom is 0.221 e. The molecule has 2 rings (SSSR count). The zero-order valence-corrected chi connectivity index (χ0v) is 14.7. The Morgan fingerprint density at radius 3 is 2.83 bits per heavy atom. The first kappa shape index (κ1) is 17.9. The Balaban J connectivity index is 1.88. The molecular formula is C19H29FN2O. The lowest BCUT2D eigenvalue weighted by Crippen LogP contribution is -2.42. The Hall–Kier alpha value is -1.42. The fourth-order valence-electron chi connectivity index (χ4n) is 3.37. The lowest BCUT2D eigenvalue weighted by molar-refractivity contribution is -0.122. The predicted molar refractivity (Wildman–Crippen MR) is 91.9 cm³/mol. The SMILES string of the molecule is CC(C)N1CCCC1CC(=O)NCC(C)(C)c1cccc(F)c1. The summed E-state index contributed by atoms with van der Waals surface area (Å²) in [6.07, 6.45) is 2.82. The molecule has 1 atom stereocenters. The minimum absolute atomic E-state index is 0.0898. The molecule has 23 heavy (non-hydrogen) atoms. The quantitative estimate of drug-likeness (QED) is 0.870. The summed E-state index contributed by atoms with van der Waals surface area (Å²) in [5.74, 6) is -0.146. The lowest BCUT2D eigenvalue weighted by Gasteiger charge is -2.29. The van der Waals surface area contributed by atoms with Crippen molar-refractivity contribution in [3.05, 3.63) is 35.6 Å². The van der Waals surface area contributed by atoms with Gasteiger partial charge in [-0.25, -0.2) is 4.39 Å². The molecule has 0 aliphatic carbocycles. The molecule has 0 bridgehead atoms. The molecule has 1 unspecified atom stereocenters. The highest BCUT2D eigenvalue weighted by molar-refractivity contribution is 5.76. The molecule has 1 saturated heterocycles. The molecule has 0 aromatic heterocycles. The second-order valence-corrected chi connectivity index (χ2v) is 7.50. The molecule has 4 heteroatoms. The normalized spacial score (nSPS) is 19.3. The first-order chi connectivity index (χ1) is 10.8. The smallest absolute Gasteiger partial charge is 0.221 e. The van der Waals surface area contributed by atoms with E-state index in [1.54, 1.807) is 12.1 Å². The summed E-state index contributed by atoms with van der Waals surface area (Å²) < 4.78 is 13.4. The van der Waals surface area contributed by atoms with E-state index in [0.29, 0.717) is 25.0 Å². The molecule has 128 valence electrons. The van der Waals surface area contributed by atoms with E-state index in [1.807, 2.05) is 19.9 Å². The van der Waals surface area contributed by atoms with E-state index in [-0.39, 0.29) is 17.1 Å². The lowest BCUT2D eigenvalue weighted by atomic mass is 9.84. The van der Waals surface area contributed by atoms with Gasteiger partial charge in [0.1, 0.15) is 5.82 Å². The van der Waals surface area contributed by atoms with Crippen LogP contribution in [0.15, 0.2) is 24.3 Å². The number of carbonyl (C=O) groups is 1. The van der Waals surface area contributed by atoms with Crippen molar-refractivity contribution < 1.29 is 9.18 Å². The molecular weight excluding hydrogens is 291 g/mol. The summed E-state index contributed by atoms with van der Waals surface area (Å²) in [5, 5.41) is 3.04. The van der Waals surface area contributed by atoms with Crippen molar-refractivity contribution in [3.8, 4) is 0 Å². The van der Waals surface area contributed by atoms with E-state index < -0.39 is 0 Å². The van der Waals surface area contributed by atoms with Crippen LogP contribution in [-0.4, -0.2) is 36.0 Å². The minimum Gasteiger partial charge on any atom is -0.355 e. The van der Waals surface area contributed by atoms with Crippen LogP contribution < -0.4 is 5.32 Å². The number of rotatable bonds is 6. The Bertz CT molecular complexity index is 542. The van der Waals surface area contributed by atoms with Gasteiger partial charge in [-0.05, 0) is 50.9 Å². The van der Waals surface area contributed by atoms with Gasteiger partial charge < -0.3 is 5.32 Å². The minimum atomic E-state index is -0.287. The van der Waals surface area contributed by atoms with Crippen LogP contribution in [0.4, 0.5) is 4.39 Å². The van der Waals surface area contributed by atoms with Crippen molar-refractivity contribution in [1.29, 1.82) is 0 Å². The number of hydrogen-bond donors (Lipinski definition) is 1. The van der Waals surface area contributed by atoms with Gasteiger partial charge in [0.2, 0.25) is 5.91 Å². The summed E-state index contributed by atoms with van der Waals surface area (Å²) in [5.41, 5.74) is 0.619. The van der Waals surface area contributed by atoms with Gasteiger partial charge in [-0.15, -0.1) is 0 Å². The third-order valence-corrected chi connectivity index (χ3v) is 4.84. The number of nitrogens with zero attached hydrogens (tertiary/aromatic N) is 1. The average Bonchev–Trinajstić information content (AvgIpc) is 2.93. The van der Waals surface area contributed by atoms with E-state index in [0.717, 1.165) is 18.5 Å². The molecule has 1 aliphatic rings. The van der Waals surface area contributed by atoms with Crippen molar-refractivity contribution in [2.45, 2.75) is 64.5 Å². The molecule has 1 aliphatic heterocycles. The van der Waals surface area contributed by atoms with E-state index in [9.17, 15) is 9.18 Å². The van der Waals surface area contributed by atoms with Crippen molar-refractivity contribution in [1.82, 2.24) is 10.2 Å². The monoisotopic (exact) mass is 320 g/mol. The van der Waals surface area contributed by atoms with E-state index >= 15 is 0 Å². The van der Waals surface area contributed by atoms with E-state index in [4.69, 9.17) is 0 Å². The van der Waals surface area contributed by atoms with Gasteiger partial charge in [0.05, 0.1) is 0 Å². The second kappa shape index (κ2) is 7.43. The molecule has 0 radical (unpaired) electrons. The van der Waals surface area contributed by atoms with Crippen LogP contribution in [0.3, 0.4) is 0 Å². The Kier molecular flexibility index (Phi) is 5.79. The highest BCUT2D eigenvalue weighted by atomic mass is 19.1. The standard InChI is InChI=1S/C19H29FN2O/c1-14(2)22-10-6-9-17(22)12-18(23)21-13-19(3,4)15-7-5-8-16(20)11-15/h5,7-8,11,14,17H,6,9-10,12-13H2,1-4H3,(H,21,23). The van der Waals surface area contributed by atoms with Crippen LogP contribution in [-0.2, 0) is 10.2 Å². The highest BCUT2D eigenvalue weighted by Gasteiger charge is 2.29. The van der Waals surface area contributed by atoms with Crippen LogP contribution >= 0.6 is 0 Å². The summed E-state index contributed by atoms with van der Waals surface area (Å²) in [7, 11) is 0. The van der Waals surface area contributed by atoms with Gasteiger partial charge in [0, 0.05) is 30.5 Å². The second-order valence-electron chi connectivity index (χ2n) is 7.50. The first-order valence-corrected chi connectivity index (χ1v) is 8.58. The number of likely N-dealkylation sites (tertiary alicyclic amines) is 1. The van der Waals surface area contributed by atoms with Crippen LogP contribution in [0.1, 0.15) is 52.5 Å². The van der Waals surface area contributed by atoms with Crippen molar-refractivity contribution in [2.24, 2.45) is 0 Å². The summed E-state index contributed by atoms with van der Waals surface area (Å²) in [6, 6.07) is 7.45. The molecule has 1 aromatic rings. The van der Waals surface area contributed by atoms with Crippen LogP contribution in [0.25, 0.3) is 0 Å². The van der Waals surface area contributed by atoms with Gasteiger partial charge in [-0.2, -0.15) is 0 Å². The van der Waals surface area contributed by atoms with Crippen LogP contribution in [0, 0.1) is 5.82 Å². The maximum absolute atomic E-state index is 13.4. The first-order valence-electron chi connectivity index (χ1n) is 8.58. The molecule has 0 saturated carbocycles. The Morgan fingerprint density at radius 2 is 2.17 bits per heavy atom. The molecule has 1 N–H and O–H groups in total. The summed E-state index contributed by atoms with van der Waals surface area (Å²) >= 11 is 0. The number of nitrogens with one attached hydrogen (secondary N) is 1. The number of amides is 1. The summed E-state index contributed by atoms with van der Waals surface area (Å²) in [4.78, 5) is 14.7. The molecule has 1 heterocycles. The average molecular weight is 320 g/mol. The third kappa shape index (κ3) is 4.77. The zero-order chi connectivity index (χ0) is 17.0. The molecule has 1 fully saturated rings. The van der Waals surface area contributed by atoms with Gasteiger partial charge in [0.25, 0.3) is 0 Å². The zero-order valence-electron chi connectivity index (χ0n) is 14.7. The molecule has 1 aromatic carbocycles. The maximum atomic E-state index is 13.4. The van der Waals surface area contributed by atoms with Crippen molar-refractivity contribution >= 4 is 5.91 Å². The molecule has 1 amide bonds. The highest BCUT2D eigenvalue weighted by Crippen LogP contribution is 2.24.